The van der Waals surface area contributed by atoms with Crippen LogP contribution in [0.3, 0.4) is 0 Å². The predicted octanol–water partition coefficient (Wildman–Crippen LogP) is 3.37. The first-order chi connectivity index (χ1) is 12.8. The van der Waals surface area contributed by atoms with Crippen LogP contribution in [0.5, 0.6) is 0 Å². The van der Waals surface area contributed by atoms with Gasteiger partial charge in [0, 0.05) is 23.7 Å². The van der Waals surface area contributed by atoms with Gasteiger partial charge in [-0.2, -0.15) is 5.10 Å². The molecule has 1 fully saturated rings. The largest absolute Gasteiger partial charge is 0.376 e. The Kier molecular flexibility index (Phi) is 5.08. The summed E-state index contributed by atoms with van der Waals surface area (Å²) in [5.74, 6) is -0.0911. The maximum Gasteiger partial charge on any atom is 0.230 e. The lowest BCUT2D eigenvalue weighted by atomic mass is 10.2. The number of nitrogens with one attached hydrogen (secondary N) is 1. The first-order valence-electron chi connectivity index (χ1n) is 8.70. The van der Waals surface area contributed by atoms with Crippen molar-refractivity contribution < 1.29 is 9.53 Å². The molecule has 1 atom stereocenters. The zero-order valence-corrected chi connectivity index (χ0v) is 15.1. The van der Waals surface area contributed by atoms with E-state index in [1.807, 2.05) is 46.6 Å². The molecular formula is C19H20N4O2S. The molecule has 3 aromatic rings. The predicted molar refractivity (Wildman–Crippen MR) is 101 cm³/mol. The number of hydrogen-bond donors (Lipinski definition) is 1. The Hall–Kier alpha value is -2.51. The number of amides is 1. The highest BCUT2D eigenvalue weighted by Crippen LogP contribution is 2.23. The number of rotatable bonds is 6. The molecule has 3 heterocycles. The smallest absolute Gasteiger partial charge is 0.230 e. The minimum absolute atomic E-state index is 0.0911. The molecular weight excluding hydrogens is 348 g/mol. The minimum Gasteiger partial charge on any atom is -0.376 e. The molecule has 1 N–H and O–H groups in total. The molecule has 2 aromatic heterocycles. The number of carbonyl (C=O) groups is 1. The first kappa shape index (κ1) is 16.9. The molecule has 0 bridgehead atoms. The van der Waals surface area contributed by atoms with Crippen molar-refractivity contribution in [2.45, 2.75) is 31.9 Å². The molecule has 4 rings (SSSR count). The van der Waals surface area contributed by atoms with Gasteiger partial charge >= 0.3 is 0 Å². The lowest BCUT2D eigenvalue weighted by molar-refractivity contribution is -0.115. The second kappa shape index (κ2) is 7.80. The molecule has 6 nitrogen and oxygen atoms in total. The van der Waals surface area contributed by atoms with Crippen LogP contribution in [-0.4, -0.2) is 33.4 Å². The normalized spacial score (nSPS) is 16.7. The highest BCUT2D eigenvalue weighted by Gasteiger charge is 2.16. The van der Waals surface area contributed by atoms with E-state index in [1.54, 1.807) is 17.5 Å². The van der Waals surface area contributed by atoms with E-state index >= 15 is 0 Å². The third kappa shape index (κ3) is 4.17. The zero-order chi connectivity index (χ0) is 17.8. The van der Waals surface area contributed by atoms with Crippen molar-refractivity contribution in [2.24, 2.45) is 0 Å². The molecule has 7 heteroatoms. The van der Waals surface area contributed by atoms with Crippen LogP contribution >= 0.6 is 11.3 Å². The van der Waals surface area contributed by atoms with Crippen LogP contribution in [0.15, 0.2) is 48.1 Å². The summed E-state index contributed by atoms with van der Waals surface area (Å²) >= 11 is 1.55. The fourth-order valence-corrected chi connectivity index (χ4v) is 3.82. The fraction of sp³-hybridized carbons (Fsp3) is 0.316. The van der Waals surface area contributed by atoms with Crippen molar-refractivity contribution in [3.63, 3.8) is 0 Å². The van der Waals surface area contributed by atoms with Crippen LogP contribution < -0.4 is 5.32 Å². The van der Waals surface area contributed by atoms with Gasteiger partial charge in [-0.15, -0.1) is 11.3 Å². The van der Waals surface area contributed by atoms with Gasteiger partial charge in [-0.3, -0.25) is 9.48 Å². The average molecular weight is 368 g/mol. The van der Waals surface area contributed by atoms with Crippen LogP contribution in [0.2, 0.25) is 0 Å². The van der Waals surface area contributed by atoms with E-state index in [0.29, 0.717) is 5.69 Å². The van der Waals surface area contributed by atoms with Gasteiger partial charge in [-0.25, -0.2) is 4.98 Å². The number of nitrogens with zero attached hydrogens (tertiary/aromatic N) is 3. The van der Waals surface area contributed by atoms with E-state index in [1.165, 1.54) is 0 Å². The molecule has 1 aromatic carbocycles. The number of thiazole rings is 1. The van der Waals surface area contributed by atoms with E-state index < -0.39 is 0 Å². The van der Waals surface area contributed by atoms with Crippen LogP contribution in [0.4, 0.5) is 5.69 Å². The lowest BCUT2D eigenvalue weighted by Gasteiger charge is -2.08. The van der Waals surface area contributed by atoms with Gasteiger partial charge in [0.1, 0.15) is 5.01 Å². The summed E-state index contributed by atoms with van der Waals surface area (Å²) in [5, 5.41) is 10.0. The number of ether oxygens (including phenoxy) is 1. The van der Waals surface area contributed by atoms with Crippen molar-refractivity contribution in [3.8, 4) is 10.6 Å². The summed E-state index contributed by atoms with van der Waals surface area (Å²) < 4.78 is 7.43. The van der Waals surface area contributed by atoms with Crippen LogP contribution in [0, 0.1) is 0 Å². The topological polar surface area (TPSA) is 69.0 Å². The summed E-state index contributed by atoms with van der Waals surface area (Å²) in [6, 6.07) is 9.98. The maximum atomic E-state index is 12.3. The Morgan fingerprint density at radius 1 is 1.35 bits per heavy atom. The van der Waals surface area contributed by atoms with Gasteiger partial charge < -0.3 is 10.1 Å². The van der Waals surface area contributed by atoms with E-state index in [-0.39, 0.29) is 18.4 Å². The Bertz CT molecular complexity index is 869. The third-order valence-corrected chi connectivity index (χ3v) is 5.19. The lowest BCUT2D eigenvalue weighted by Crippen LogP contribution is -2.16. The summed E-state index contributed by atoms with van der Waals surface area (Å²) in [6.07, 6.45) is 6.16. The second-order valence-electron chi connectivity index (χ2n) is 6.32. The molecule has 0 saturated carbocycles. The number of aromatic nitrogens is 3. The summed E-state index contributed by atoms with van der Waals surface area (Å²) in [7, 11) is 0. The quantitative estimate of drug-likeness (QED) is 0.724. The number of benzene rings is 1. The van der Waals surface area contributed by atoms with Crippen molar-refractivity contribution >= 4 is 22.9 Å². The van der Waals surface area contributed by atoms with Gasteiger partial charge in [0.05, 0.1) is 36.6 Å². The summed E-state index contributed by atoms with van der Waals surface area (Å²) in [5.41, 5.74) is 2.55. The van der Waals surface area contributed by atoms with Gasteiger partial charge in [0.15, 0.2) is 0 Å². The van der Waals surface area contributed by atoms with Crippen molar-refractivity contribution in [1.82, 2.24) is 14.8 Å². The molecule has 1 unspecified atom stereocenters. The van der Waals surface area contributed by atoms with E-state index in [2.05, 4.69) is 15.4 Å². The molecule has 1 aliphatic heterocycles. The molecule has 1 aliphatic rings. The molecule has 1 saturated heterocycles. The number of hydrogen-bond acceptors (Lipinski definition) is 5. The molecule has 0 spiro atoms. The Morgan fingerprint density at radius 3 is 3.04 bits per heavy atom. The van der Waals surface area contributed by atoms with Gasteiger partial charge in [0.2, 0.25) is 5.91 Å². The number of carbonyl (C=O) groups excluding carboxylic acids is 1. The maximum absolute atomic E-state index is 12.3. The number of anilines is 1. The molecule has 0 radical (unpaired) electrons. The van der Waals surface area contributed by atoms with Crippen LogP contribution in [0.25, 0.3) is 10.6 Å². The van der Waals surface area contributed by atoms with E-state index in [4.69, 9.17) is 4.74 Å². The Morgan fingerprint density at radius 2 is 2.23 bits per heavy atom. The third-order valence-electron chi connectivity index (χ3n) is 4.25. The van der Waals surface area contributed by atoms with E-state index in [9.17, 15) is 4.79 Å². The van der Waals surface area contributed by atoms with Gasteiger partial charge in [-0.05, 0) is 12.8 Å². The fourth-order valence-electron chi connectivity index (χ4n) is 3.00. The van der Waals surface area contributed by atoms with Crippen molar-refractivity contribution in [2.75, 3.05) is 11.9 Å². The van der Waals surface area contributed by atoms with Crippen molar-refractivity contribution in [3.05, 3.63) is 53.8 Å². The highest BCUT2D eigenvalue weighted by molar-refractivity contribution is 7.13. The monoisotopic (exact) mass is 368 g/mol. The van der Waals surface area contributed by atoms with Crippen LogP contribution in [0.1, 0.15) is 18.5 Å². The summed E-state index contributed by atoms with van der Waals surface area (Å²) in [6.45, 7) is 1.55. The first-order valence-corrected chi connectivity index (χ1v) is 9.58. The standard InChI is InChI=1S/C19H20N4O2S/c24-18(9-15-13-26-19(22-15)14-5-2-1-3-6-14)21-16-10-20-23(11-16)12-17-7-4-8-25-17/h1-3,5-6,10-11,13,17H,4,7-9,12H2,(H,21,24). The Labute approximate surface area is 155 Å². The van der Waals surface area contributed by atoms with Crippen molar-refractivity contribution in [1.29, 1.82) is 0 Å². The molecule has 0 aliphatic carbocycles. The van der Waals surface area contributed by atoms with Gasteiger partial charge in [0.25, 0.3) is 0 Å². The minimum atomic E-state index is -0.0911. The van der Waals surface area contributed by atoms with E-state index in [0.717, 1.165) is 42.3 Å². The zero-order valence-electron chi connectivity index (χ0n) is 14.3. The SMILES string of the molecule is O=C(Cc1csc(-c2ccccc2)n1)Nc1cnn(CC2CCCO2)c1. The summed E-state index contributed by atoms with van der Waals surface area (Å²) in [4.78, 5) is 16.8. The molecule has 1 amide bonds. The Balaban J connectivity index is 1.33. The molecule has 134 valence electrons. The van der Waals surface area contributed by atoms with Crippen LogP contribution in [-0.2, 0) is 22.5 Å². The second-order valence-corrected chi connectivity index (χ2v) is 7.18. The highest BCUT2D eigenvalue weighted by atomic mass is 32.1. The van der Waals surface area contributed by atoms with Gasteiger partial charge in [-0.1, -0.05) is 30.3 Å². The average Bonchev–Trinajstić information content (AvgIpc) is 3.39. The molecule has 26 heavy (non-hydrogen) atoms.